The highest BCUT2D eigenvalue weighted by atomic mass is 32.2. The van der Waals surface area contributed by atoms with Gasteiger partial charge < -0.3 is 4.74 Å². The summed E-state index contributed by atoms with van der Waals surface area (Å²) in [5, 5.41) is 0. The van der Waals surface area contributed by atoms with Gasteiger partial charge in [-0.15, -0.1) is 0 Å². The van der Waals surface area contributed by atoms with Crippen LogP contribution in [0.5, 0.6) is 0 Å². The van der Waals surface area contributed by atoms with Gasteiger partial charge in [0.05, 0.1) is 12.2 Å². The van der Waals surface area contributed by atoms with Crippen LogP contribution in [0.3, 0.4) is 0 Å². The Kier molecular flexibility index (Phi) is 2.63. The summed E-state index contributed by atoms with van der Waals surface area (Å²) in [6.07, 6.45) is 0.378. The van der Waals surface area contributed by atoms with Gasteiger partial charge in [0.1, 0.15) is 12.2 Å². The summed E-state index contributed by atoms with van der Waals surface area (Å²) < 4.78 is 32.5. The summed E-state index contributed by atoms with van der Waals surface area (Å²) in [6.45, 7) is 7.67. The minimum absolute atomic E-state index is 0.308. The minimum atomic E-state index is -3.56. The Balaban J connectivity index is 2.30. The molecular formula is C11H16O5S. The smallest absolute Gasteiger partial charge is 0.314 e. The number of carbonyl (C=O) groups is 1. The number of hydrogen-bond acceptors (Lipinski definition) is 5. The number of esters is 1. The third-order valence-corrected chi connectivity index (χ3v) is 4.15. The molecule has 1 aliphatic carbocycles. The molecule has 0 spiro atoms. The molecule has 96 valence electrons. The maximum absolute atomic E-state index is 11.7. The van der Waals surface area contributed by atoms with E-state index in [2.05, 4.69) is 6.58 Å². The Morgan fingerprint density at radius 2 is 2.06 bits per heavy atom. The van der Waals surface area contributed by atoms with E-state index in [1.807, 2.05) is 13.8 Å². The van der Waals surface area contributed by atoms with E-state index >= 15 is 0 Å². The second kappa shape index (κ2) is 3.55. The van der Waals surface area contributed by atoms with Crippen molar-refractivity contribution in [1.29, 1.82) is 0 Å². The van der Waals surface area contributed by atoms with E-state index < -0.39 is 22.1 Å². The molecule has 0 aromatic rings. The van der Waals surface area contributed by atoms with Crippen LogP contribution in [-0.4, -0.2) is 32.9 Å². The number of hydrogen-bond donors (Lipinski definition) is 0. The lowest BCUT2D eigenvalue weighted by Crippen LogP contribution is -2.43. The summed E-state index contributed by atoms with van der Waals surface area (Å²) in [7, 11) is -3.56. The molecule has 2 rings (SSSR count). The number of fused-ring (bicyclic) bond motifs is 2. The molecule has 1 aliphatic heterocycles. The summed E-state index contributed by atoms with van der Waals surface area (Å²) in [5.41, 5.74) is 0.158. The van der Waals surface area contributed by atoms with Gasteiger partial charge in [-0.2, -0.15) is 8.42 Å². The zero-order valence-electron chi connectivity index (χ0n) is 10.1. The summed E-state index contributed by atoms with van der Waals surface area (Å²) in [4.78, 5) is 11.7. The molecule has 1 saturated carbocycles. The van der Waals surface area contributed by atoms with Crippen LogP contribution in [0.2, 0.25) is 0 Å². The van der Waals surface area contributed by atoms with E-state index in [1.54, 1.807) is 0 Å². The Labute approximate surface area is 101 Å². The quantitative estimate of drug-likeness (QED) is 0.418. The standard InChI is InChI=1S/C11H16O5S/c1-6-7(16-17(4,13)14)5-8-11(2,3)9(6)10(12)15-8/h7-9H,1,5H2,2-4H3/t7-,8+,9+/m1/s1. The van der Waals surface area contributed by atoms with Crippen LogP contribution < -0.4 is 0 Å². The normalized spacial score (nSPS) is 35.8. The van der Waals surface area contributed by atoms with Crippen molar-refractivity contribution in [3.05, 3.63) is 12.2 Å². The molecule has 2 aliphatic rings. The van der Waals surface area contributed by atoms with Crippen molar-refractivity contribution in [2.24, 2.45) is 11.3 Å². The van der Waals surface area contributed by atoms with Crippen molar-refractivity contribution < 1.29 is 22.1 Å². The van der Waals surface area contributed by atoms with E-state index in [4.69, 9.17) is 8.92 Å². The molecule has 6 heteroatoms. The molecule has 0 amide bonds. The van der Waals surface area contributed by atoms with Gasteiger partial charge in [-0.3, -0.25) is 8.98 Å². The van der Waals surface area contributed by atoms with Gasteiger partial charge in [0, 0.05) is 11.8 Å². The first-order valence-corrected chi connectivity index (χ1v) is 7.22. The SMILES string of the molecule is C=C1[C@H]2C(=O)O[C@@H](C[C@H]1OS(C)(=O)=O)C2(C)C. The van der Waals surface area contributed by atoms with E-state index in [1.165, 1.54) is 0 Å². The molecular weight excluding hydrogens is 244 g/mol. The van der Waals surface area contributed by atoms with Crippen LogP contribution >= 0.6 is 0 Å². The molecule has 2 bridgehead atoms. The van der Waals surface area contributed by atoms with Gasteiger partial charge in [0.2, 0.25) is 0 Å². The average molecular weight is 260 g/mol. The molecule has 0 aromatic carbocycles. The topological polar surface area (TPSA) is 69.7 Å². The molecule has 0 aromatic heterocycles. The van der Waals surface area contributed by atoms with Crippen LogP contribution in [0.4, 0.5) is 0 Å². The molecule has 1 heterocycles. The molecule has 5 nitrogen and oxygen atoms in total. The maximum atomic E-state index is 11.7. The Bertz CT molecular complexity index is 476. The number of carbonyl (C=O) groups excluding carboxylic acids is 1. The fraction of sp³-hybridized carbons (Fsp3) is 0.727. The zero-order valence-corrected chi connectivity index (χ0v) is 10.9. The number of rotatable bonds is 2. The van der Waals surface area contributed by atoms with Crippen LogP contribution in [0.1, 0.15) is 20.3 Å². The fourth-order valence-corrected chi connectivity index (χ4v) is 3.30. The summed E-state index contributed by atoms with van der Waals surface area (Å²) in [5.74, 6) is -0.808. The van der Waals surface area contributed by atoms with Gasteiger partial charge in [0.25, 0.3) is 10.1 Å². The van der Waals surface area contributed by atoms with Gasteiger partial charge >= 0.3 is 5.97 Å². The van der Waals surface area contributed by atoms with Crippen molar-refractivity contribution in [1.82, 2.24) is 0 Å². The Morgan fingerprint density at radius 1 is 1.47 bits per heavy atom. The Hall–Kier alpha value is -0.880. The minimum Gasteiger partial charge on any atom is -0.461 e. The second-order valence-corrected chi connectivity index (χ2v) is 6.88. The summed E-state index contributed by atoms with van der Waals surface area (Å²) >= 11 is 0. The fourth-order valence-electron chi connectivity index (χ4n) is 2.67. The van der Waals surface area contributed by atoms with Gasteiger partial charge in [-0.1, -0.05) is 20.4 Å². The molecule has 0 N–H and O–H groups in total. The highest BCUT2D eigenvalue weighted by Crippen LogP contribution is 2.51. The van der Waals surface area contributed by atoms with Gasteiger partial charge in [-0.25, -0.2) is 0 Å². The molecule has 1 saturated heterocycles. The molecule has 3 atom stereocenters. The third-order valence-electron chi connectivity index (χ3n) is 3.57. The molecule has 0 radical (unpaired) electrons. The summed E-state index contributed by atoms with van der Waals surface area (Å²) in [6, 6.07) is 0. The Morgan fingerprint density at radius 3 is 2.59 bits per heavy atom. The van der Waals surface area contributed by atoms with Crippen molar-refractivity contribution in [2.45, 2.75) is 32.5 Å². The van der Waals surface area contributed by atoms with Crippen LogP contribution in [-0.2, 0) is 23.8 Å². The van der Waals surface area contributed by atoms with E-state index in [0.29, 0.717) is 12.0 Å². The lowest BCUT2D eigenvalue weighted by atomic mass is 9.66. The van der Waals surface area contributed by atoms with Crippen molar-refractivity contribution in [3.8, 4) is 0 Å². The predicted molar refractivity (Wildman–Crippen MR) is 60.6 cm³/mol. The molecule has 17 heavy (non-hydrogen) atoms. The predicted octanol–water partition coefficient (Wildman–Crippen LogP) is 0.859. The lowest BCUT2D eigenvalue weighted by Gasteiger charge is -2.38. The molecule has 2 fully saturated rings. The van der Waals surface area contributed by atoms with Crippen molar-refractivity contribution >= 4 is 16.1 Å². The average Bonchev–Trinajstić information content (AvgIpc) is 2.23. The van der Waals surface area contributed by atoms with E-state index in [9.17, 15) is 13.2 Å². The van der Waals surface area contributed by atoms with Gasteiger partial charge in [-0.05, 0) is 5.57 Å². The third kappa shape index (κ3) is 1.99. The second-order valence-electron chi connectivity index (χ2n) is 5.28. The highest BCUT2D eigenvalue weighted by molar-refractivity contribution is 7.86. The highest BCUT2D eigenvalue weighted by Gasteiger charge is 2.58. The maximum Gasteiger partial charge on any atom is 0.314 e. The first kappa shape index (κ1) is 12.6. The van der Waals surface area contributed by atoms with Crippen molar-refractivity contribution in [3.63, 3.8) is 0 Å². The van der Waals surface area contributed by atoms with E-state index in [-0.39, 0.29) is 17.5 Å². The lowest BCUT2D eigenvalue weighted by molar-refractivity contribution is -0.142. The van der Waals surface area contributed by atoms with Gasteiger partial charge in [0.15, 0.2) is 0 Å². The first-order valence-electron chi connectivity index (χ1n) is 5.40. The largest absolute Gasteiger partial charge is 0.461 e. The van der Waals surface area contributed by atoms with E-state index in [0.717, 1.165) is 6.26 Å². The van der Waals surface area contributed by atoms with Crippen LogP contribution in [0, 0.1) is 11.3 Å². The monoisotopic (exact) mass is 260 g/mol. The number of ether oxygens (including phenoxy) is 1. The zero-order chi connectivity index (χ0) is 13.0. The van der Waals surface area contributed by atoms with Crippen molar-refractivity contribution in [2.75, 3.05) is 6.26 Å². The van der Waals surface area contributed by atoms with Crippen LogP contribution in [0.15, 0.2) is 12.2 Å². The van der Waals surface area contributed by atoms with Crippen LogP contribution in [0.25, 0.3) is 0 Å². The molecule has 0 unspecified atom stereocenters. The first-order chi connectivity index (χ1) is 7.63.